The SMILES string of the molecule is COCC1(C(=O)NCCSC(F)(F)F)CCNC1. The quantitative estimate of drug-likeness (QED) is 0.715. The van der Waals surface area contributed by atoms with Crippen LogP contribution in [-0.2, 0) is 9.53 Å². The average Bonchev–Trinajstić information content (AvgIpc) is 2.73. The van der Waals surface area contributed by atoms with Gasteiger partial charge >= 0.3 is 5.51 Å². The Bertz CT molecular complexity index is 281. The normalized spacial score (nSPS) is 24.2. The molecule has 0 aromatic carbocycles. The van der Waals surface area contributed by atoms with Crippen molar-refractivity contribution in [2.24, 2.45) is 5.41 Å². The first-order chi connectivity index (χ1) is 8.40. The molecule has 1 heterocycles. The van der Waals surface area contributed by atoms with Crippen LogP contribution in [-0.4, -0.2) is 50.5 Å². The summed E-state index contributed by atoms with van der Waals surface area (Å²) in [5, 5.41) is 5.61. The molecule has 1 atom stereocenters. The number of halogens is 3. The number of rotatable bonds is 6. The molecule has 1 fully saturated rings. The number of thioether (sulfide) groups is 1. The summed E-state index contributed by atoms with van der Waals surface area (Å²) in [6, 6.07) is 0. The van der Waals surface area contributed by atoms with Gasteiger partial charge in [-0.25, -0.2) is 0 Å². The summed E-state index contributed by atoms with van der Waals surface area (Å²) in [6.07, 6.45) is 0.638. The van der Waals surface area contributed by atoms with E-state index in [0.717, 1.165) is 0 Å². The first kappa shape index (κ1) is 15.6. The Balaban J connectivity index is 2.34. The van der Waals surface area contributed by atoms with Crippen LogP contribution in [0.1, 0.15) is 6.42 Å². The van der Waals surface area contributed by atoms with E-state index in [9.17, 15) is 18.0 Å². The maximum atomic E-state index is 12.0. The Kier molecular flexibility index (Phi) is 5.74. The van der Waals surface area contributed by atoms with Crippen LogP contribution in [0.3, 0.4) is 0 Å². The largest absolute Gasteiger partial charge is 0.441 e. The zero-order valence-corrected chi connectivity index (χ0v) is 10.9. The molecule has 0 saturated carbocycles. The molecule has 1 saturated heterocycles. The van der Waals surface area contributed by atoms with Crippen LogP contribution >= 0.6 is 11.8 Å². The third kappa shape index (κ3) is 4.66. The molecule has 8 heteroatoms. The number of carbonyl (C=O) groups is 1. The van der Waals surface area contributed by atoms with Gasteiger partial charge in [-0.2, -0.15) is 13.2 Å². The lowest BCUT2D eigenvalue weighted by molar-refractivity contribution is -0.132. The van der Waals surface area contributed by atoms with Gasteiger partial charge in [-0.3, -0.25) is 4.79 Å². The number of amides is 1. The highest BCUT2D eigenvalue weighted by molar-refractivity contribution is 8.00. The second-order valence-electron chi connectivity index (χ2n) is 4.19. The van der Waals surface area contributed by atoms with Crippen molar-refractivity contribution >= 4 is 17.7 Å². The Morgan fingerprint density at radius 3 is 2.78 bits per heavy atom. The molecule has 0 radical (unpaired) electrons. The summed E-state index contributed by atoms with van der Waals surface area (Å²) in [7, 11) is 1.51. The molecular formula is C10H17F3N2O2S. The van der Waals surface area contributed by atoms with Crippen molar-refractivity contribution in [3.05, 3.63) is 0 Å². The van der Waals surface area contributed by atoms with E-state index in [1.807, 2.05) is 0 Å². The molecule has 4 nitrogen and oxygen atoms in total. The summed E-state index contributed by atoms with van der Waals surface area (Å²) >= 11 is -0.131. The predicted octanol–water partition coefficient (Wildman–Crippen LogP) is 0.982. The fraction of sp³-hybridized carbons (Fsp3) is 0.900. The Morgan fingerprint density at radius 2 is 2.28 bits per heavy atom. The van der Waals surface area contributed by atoms with Gasteiger partial charge < -0.3 is 15.4 Å². The predicted molar refractivity (Wildman–Crippen MR) is 63.3 cm³/mol. The van der Waals surface area contributed by atoms with Gasteiger partial charge in [0.15, 0.2) is 0 Å². The van der Waals surface area contributed by atoms with Gasteiger partial charge in [0.25, 0.3) is 0 Å². The van der Waals surface area contributed by atoms with E-state index >= 15 is 0 Å². The number of alkyl halides is 3. The molecule has 106 valence electrons. The minimum Gasteiger partial charge on any atom is -0.384 e. The number of nitrogens with one attached hydrogen (secondary N) is 2. The molecule has 1 amide bonds. The first-order valence-electron chi connectivity index (χ1n) is 5.58. The zero-order valence-electron chi connectivity index (χ0n) is 10.1. The monoisotopic (exact) mass is 286 g/mol. The summed E-state index contributed by atoms with van der Waals surface area (Å²) < 4.78 is 40.7. The third-order valence-corrected chi connectivity index (χ3v) is 3.53. The molecule has 1 unspecified atom stereocenters. The molecule has 1 aliphatic rings. The number of carbonyl (C=O) groups excluding carboxylic acids is 1. The van der Waals surface area contributed by atoms with E-state index in [-0.39, 0.29) is 36.6 Å². The molecule has 1 rings (SSSR count). The van der Waals surface area contributed by atoms with Crippen LogP contribution in [0.5, 0.6) is 0 Å². The van der Waals surface area contributed by atoms with Crippen LogP contribution in [0.25, 0.3) is 0 Å². The molecule has 2 N–H and O–H groups in total. The van der Waals surface area contributed by atoms with Crippen LogP contribution in [0.2, 0.25) is 0 Å². The third-order valence-electron chi connectivity index (χ3n) is 2.80. The van der Waals surface area contributed by atoms with Gasteiger partial charge in [0, 0.05) is 26.0 Å². The molecule has 0 bridgehead atoms. The van der Waals surface area contributed by atoms with Gasteiger partial charge in [-0.05, 0) is 24.7 Å². The molecule has 1 aliphatic heterocycles. The van der Waals surface area contributed by atoms with E-state index in [1.165, 1.54) is 7.11 Å². The van der Waals surface area contributed by atoms with E-state index in [0.29, 0.717) is 19.5 Å². The van der Waals surface area contributed by atoms with E-state index in [4.69, 9.17) is 4.74 Å². The fourth-order valence-electron chi connectivity index (χ4n) is 1.92. The first-order valence-corrected chi connectivity index (χ1v) is 6.57. The van der Waals surface area contributed by atoms with Crippen LogP contribution in [0.15, 0.2) is 0 Å². The standard InChI is InChI=1S/C10H17F3N2O2S/c1-17-7-9(2-3-14-6-9)8(16)15-4-5-18-10(11,12)13/h14H,2-7H2,1H3,(H,15,16). The van der Waals surface area contributed by atoms with Crippen molar-refractivity contribution in [3.8, 4) is 0 Å². The molecule has 0 aromatic rings. The maximum absolute atomic E-state index is 12.0. The maximum Gasteiger partial charge on any atom is 0.441 e. The Hall–Kier alpha value is -0.470. The number of methoxy groups -OCH3 is 1. The fourth-order valence-corrected chi connectivity index (χ4v) is 2.36. The van der Waals surface area contributed by atoms with Crippen LogP contribution in [0, 0.1) is 5.41 Å². The number of hydrogen-bond donors (Lipinski definition) is 2. The lowest BCUT2D eigenvalue weighted by Crippen LogP contribution is -2.46. The van der Waals surface area contributed by atoms with E-state index < -0.39 is 10.9 Å². The number of hydrogen-bond acceptors (Lipinski definition) is 4. The van der Waals surface area contributed by atoms with Crippen molar-refractivity contribution in [2.75, 3.05) is 39.1 Å². The van der Waals surface area contributed by atoms with Gasteiger partial charge in [0.1, 0.15) is 0 Å². The summed E-state index contributed by atoms with van der Waals surface area (Å²) in [6.45, 7) is 1.50. The van der Waals surface area contributed by atoms with E-state index in [1.54, 1.807) is 0 Å². The second kappa shape index (κ2) is 6.63. The molecular weight excluding hydrogens is 269 g/mol. The lowest BCUT2D eigenvalue weighted by Gasteiger charge is -2.25. The van der Waals surface area contributed by atoms with Gasteiger partial charge in [0.05, 0.1) is 12.0 Å². The second-order valence-corrected chi connectivity index (χ2v) is 5.35. The number of ether oxygens (including phenoxy) is 1. The average molecular weight is 286 g/mol. The van der Waals surface area contributed by atoms with Gasteiger partial charge in [-0.15, -0.1) is 0 Å². The van der Waals surface area contributed by atoms with Crippen molar-refractivity contribution in [2.45, 2.75) is 11.9 Å². The van der Waals surface area contributed by atoms with Gasteiger partial charge in [-0.1, -0.05) is 0 Å². The summed E-state index contributed by atoms with van der Waals surface area (Å²) in [5.74, 6) is -0.414. The zero-order chi connectivity index (χ0) is 13.6. The highest BCUT2D eigenvalue weighted by Gasteiger charge is 2.41. The topological polar surface area (TPSA) is 50.4 Å². The Morgan fingerprint density at radius 1 is 1.56 bits per heavy atom. The van der Waals surface area contributed by atoms with Gasteiger partial charge in [0.2, 0.25) is 5.91 Å². The smallest absolute Gasteiger partial charge is 0.384 e. The highest BCUT2D eigenvalue weighted by atomic mass is 32.2. The van der Waals surface area contributed by atoms with Crippen molar-refractivity contribution < 1.29 is 22.7 Å². The van der Waals surface area contributed by atoms with E-state index in [2.05, 4.69) is 10.6 Å². The summed E-state index contributed by atoms with van der Waals surface area (Å²) in [5.41, 5.74) is -4.89. The summed E-state index contributed by atoms with van der Waals surface area (Å²) in [4.78, 5) is 12.0. The lowest BCUT2D eigenvalue weighted by atomic mass is 9.87. The van der Waals surface area contributed by atoms with Crippen molar-refractivity contribution in [3.63, 3.8) is 0 Å². The highest BCUT2D eigenvalue weighted by Crippen LogP contribution is 2.30. The Labute approximate surface area is 108 Å². The molecule has 0 spiro atoms. The minimum absolute atomic E-state index is 0.00841. The molecule has 18 heavy (non-hydrogen) atoms. The van der Waals surface area contributed by atoms with Crippen LogP contribution in [0.4, 0.5) is 13.2 Å². The molecule has 0 aromatic heterocycles. The van der Waals surface area contributed by atoms with Crippen molar-refractivity contribution in [1.82, 2.24) is 10.6 Å². The van der Waals surface area contributed by atoms with Crippen LogP contribution < -0.4 is 10.6 Å². The van der Waals surface area contributed by atoms with Crippen molar-refractivity contribution in [1.29, 1.82) is 0 Å². The minimum atomic E-state index is -4.25. The molecule has 0 aliphatic carbocycles.